The van der Waals surface area contributed by atoms with Crippen LogP contribution in [0.2, 0.25) is 0 Å². The first-order valence-electron chi connectivity index (χ1n) is 9.03. The number of H-pyrrole nitrogens is 1. The van der Waals surface area contributed by atoms with Gasteiger partial charge < -0.3 is 20.0 Å². The van der Waals surface area contributed by atoms with Crippen molar-refractivity contribution < 1.29 is 9.90 Å². The number of aromatic amines is 1. The van der Waals surface area contributed by atoms with E-state index in [1.807, 2.05) is 24.3 Å². The maximum absolute atomic E-state index is 12.4. The van der Waals surface area contributed by atoms with Gasteiger partial charge in [-0.15, -0.1) is 10.2 Å². The zero-order valence-electron chi connectivity index (χ0n) is 14.2. The average Bonchev–Trinajstić information content (AvgIpc) is 3.22. The summed E-state index contributed by atoms with van der Waals surface area (Å²) in [6, 6.07) is 8.15. The lowest BCUT2D eigenvalue weighted by Crippen LogP contribution is -2.44. The number of fused-ring (bicyclic) bond motifs is 1. The highest BCUT2D eigenvalue weighted by Crippen LogP contribution is 2.42. The van der Waals surface area contributed by atoms with Gasteiger partial charge in [0.05, 0.1) is 11.0 Å². The zero-order chi connectivity index (χ0) is 17.7. The lowest BCUT2D eigenvalue weighted by Gasteiger charge is -2.35. The maximum atomic E-state index is 12.4. The lowest BCUT2D eigenvalue weighted by atomic mass is 9.79. The van der Waals surface area contributed by atoms with Crippen LogP contribution >= 0.6 is 0 Å². The third-order valence-corrected chi connectivity index (χ3v) is 5.29. The van der Waals surface area contributed by atoms with Crippen molar-refractivity contribution in [3.8, 4) is 0 Å². The Bertz CT molecular complexity index is 934. The van der Waals surface area contributed by atoms with Gasteiger partial charge in [-0.3, -0.25) is 4.79 Å². The number of benzene rings is 1. The SMILES string of the molecule is O=C(NC1CC(c2nnc(CO)n2C2CC2)C1)c1nc2ccccc2[nH]1. The second-order valence-electron chi connectivity index (χ2n) is 7.17. The summed E-state index contributed by atoms with van der Waals surface area (Å²) in [6.07, 6.45) is 3.92. The number of para-hydroxylation sites is 2. The Morgan fingerprint density at radius 2 is 2.08 bits per heavy atom. The number of rotatable bonds is 5. The number of carbonyl (C=O) groups excluding carboxylic acids is 1. The number of hydrogen-bond acceptors (Lipinski definition) is 5. The Morgan fingerprint density at radius 1 is 1.27 bits per heavy atom. The van der Waals surface area contributed by atoms with E-state index in [1.165, 1.54) is 0 Å². The van der Waals surface area contributed by atoms with Crippen LogP contribution in [0.4, 0.5) is 0 Å². The normalized spacial score (nSPS) is 22.3. The summed E-state index contributed by atoms with van der Waals surface area (Å²) < 4.78 is 2.10. The molecule has 2 saturated carbocycles. The Hall–Kier alpha value is -2.74. The summed E-state index contributed by atoms with van der Waals surface area (Å²) in [5.74, 6) is 2.05. The predicted molar refractivity (Wildman–Crippen MR) is 93.5 cm³/mol. The number of carbonyl (C=O) groups is 1. The van der Waals surface area contributed by atoms with Crippen LogP contribution in [0.25, 0.3) is 11.0 Å². The molecule has 8 nitrogen and oxygen atoms in total. The molecule has 0 aliphatic heterocycles. The third kappa shape index (κ3) is 2.57. The molecule has 26 heavy (non-hydrogen) atoms. The molecule has 0 atom stereocenters. The average molecular weight is 352 g/mol. The molecule has 5 rings (SSSR count). The summed E-state index contributed by atoms with van der Waals surface area (Å²) in [5, 5.41) is 20.9. The molecule has 0 spiro atoms. The molecule has 0 radical (unpaired) electrons. The second kappa shape index (κ2) is 5.91. The van der Waals surface area contributed by atoms with E-state index in [2.05, 4.69) is 30.0 Å². The summed E-state index contributed by atoms with van der Waals surface area (Å²) in [7, 11) is 0. The minimum Gasteiger partial charge on any atom is -0.388 e. The first-order valence-corrected chi connectivity index (χ1v) is 9.03. The molecule has 0 bridgehead atoms. The van der Waals surface area contributed by atoms with E-state index in [4.69, 9.17) is 0 Å². The van der Waals surface area contributed by atoms with Crippen molar-refractivity contribution in [1.82, 2.24) is 30.0 Å². The number of nitrogens with one attached hydrogen (secondary N) is 2. The van der Waals surface area contributed by atoms with Gasteiger partial charge in [0.25, 0.3) is 5.91 Å². The fourth-order valence-electron chi connectivity index (χ4n) is 3.71. The van der Waals surface area contributed by atoms with E-state index in [1.54, 1.807) is 0 Å². The van der Waals surface area contributed by atoms with E-state index < -0.39 is 0 Å². The number of aliphatic hydroxyl groups excluding tert-OH is 1. The van der Waals surface area contributed by atoms with E-state index >= 15 is 0 Å². The predicted octanol–water partition coefficient (Wildman–Crippen LogP) is 1.66. The first-order chi connectivity index (χ1) is 12.7. The Balaban J connectivity index is 1.25. The Morgan fingerprint density at radius 3 is 2.81 bits per heavy atom. The quantitative estimate of drug-likeness (QED) is 0.647. The van der Waals surface area contributed by atoms with Crippen LogP contribution in [0.3, 0.4) is 0 Å². The van der Waals surface area contributed by atoms with Gasteiger partial charge in [0.1, 0.15) is 12.4 Å². The fraction of sp³-hybridized carbons (Fsp3) is 0.444. The summed E-state index contributed by atoms with van der Waals surface area (Å²) in [6.45, 7) is -0.0809. The monoisotopic (exact) mass is 352 g/mol. The molecule has 1 aromatic carbocycles. The first kappa shape index (κ1) is 15.5. The molecular weight excluding hydrogens is 332 g/mol. The molecule has 0 saturated heterocycles. The largest absolute Gasteiger partial charge is 0.388 e. The standard InChI is InChI=1S/C18H20N6O2/c25-9-15-22-23-17(24(15)12-5-6-12)10-7-11(8-10)19-18(26)16-20-13-3-1-2-4-14(13)21-16/h1-4,10-12,25H,5-9H2,(H,19,26)(H,20,21). The van der Waals surface area contributed by atoms with Crippen molar-refractivity contribution in [3.05, 3.63) is 41.7 Å². The maximum Gasteiger partial charge on any atom is 0.287 e. The molecule has 0 unspecified atom stereocenters. The minimum atomic E-state index is -0.177. The molecule has 2 aromatic heterocycles. The van der Waals surface area contributed by atoms with Gasteiger partial charge in [-0.2, -0.15) is 0 Å². The van der Waals surface area contributed by atoms with E-state index in [0.717, 1.165) is 42.5 Å². The zero-order valence-corrected chi connectivity index (χ0v) is 14.2. The van der Waals surface area contributed by atoms with E-state index in [-0.39, 0.29) is 24.5 Å². The number of aromatic nitrogens is 5. The van der Waals surface area contributed by atoms with Crippen LogP contribution in [-0.4, -0.2) is 41.8 Å². The number of amides is 1. The summed E-state index contributed by atoms with van der Waals surface area (Å²) >= 11 is 0. The van der Waals surface area contributed by atoms with Crippen molar-refractivity contribution in [2.45, 2.75) is 50.3 Å². The third-order valence-electron chi connectivity index (χ3n) is 5.29. The molecule has 3 aromatic rings. The van der Waals surface area contributed by atoms with E-state index in [0.29, 0.717) is 17.7 Å². The van der Waals surface area contributed by atoms with Gasteiger partial charge in [0, 0.05) is 18.0 Å². The van der Waals surface area contributed by atoms with E-state index in [9.17, 15) is 9.90 Å². The van der Waals surface area contributed by atoms with Crippen LogP contribution in [0, 0.1) is 0 Å². The number of hydrogen-bond donors (Lipinski definition) is 3. The summed E-state index contributed by atoms with van der Waals surface area (Å²) in [4.78, 5) is 19.8. The second-order valence-corrected chi connectivity index (χ2v) is 7.17. The van der Waals surface area contributed by atoms with Crippen LogP contribution in [0.1, 0.15) is 59.9 Å². The summed E-state index contributed by atoms with van der Waals surface area (Å²) in [5.41, 5.74) is 1.65. The van der Waals surface area contributed by atoms with Crippen LogP contribution in [0.5, 0.6) is 0 Å². The van der Waals surface area contributed by atoms with Gasteiger partial charge >= 0.3 is 0 Å². The minimum absolute atomic E-state index is 0.0809. The molecule has 2 aliphatic rings. The van der Waals surface area contributed by atoms with Crippen molar-refractivity contribution in [2.75, 3.05) is 0 Å². The van der Waals surface area contributed by atoms with Crippen LogP contribution in [0.15, 0.2) is 24.3 Å². The van der Waals surface area contributed by atoms with Gasteiger partial charge in [0.15, 0.2) is 11.6 Å². The van der Waals surface area contributed by atoms with Crippen molar-refractivity contribution in [2.24, 2.45) is 0 Å². The molecule has 8 heteroatoms. The highest BCUT2D eigenvalue weighted by Gasteiger charge is 2.38. The molecule has 2 aliphatic carbocycles. The lowest BCUT2D eigenvalue weighted by molar-refractivity contribution is 0.0897. The molecule has 134 valence electrons. The topological polar surface area (TPSA) is 109 Å². The Labute approximate surface area is 149 Å². The molecular formula is C18H20N6O2. The van der Waals surface area contributed by atoms with Gasteiger partial charge in [-0.05, 0) is 37.8 Å². The number of imidazole rings is 1. The van der Waals surface area contributed by atoms with Gasteiger partial charge in [0.2, 0.25) is 0 Å². The highest BCUT2D eigenvalue weighted by molar-refractivity contribution is 5.94. The molecule has 3 N–H and O–H groups in total. The van der Waals surface area contributed by atoms with Crippen molar-refractivity contribution >= 4 is 16.9 Å². The number of nitrogens with zero attached hydrogens (tertiary/aromatic N) is 4. The van der Waals surface area contributed by atoms with Crippen molar-refractivity contribution in [3.63, 3.8) is 0 Å². The van der Waals surface area contributed by atoms with Crippen LogP contribution in [-0.2, 0) is 6.61 Å². The molecule has 2 fully saturated rings. The highest BCUT2D eigenvalue weighted by atomic mass is 16.3. The fourth-order valence-corrected chi connectivity index (χ4v) is 3.71. The van der Waals surface area contributed by atoms with Crippen molar-refractivity contribution in [1.29, 1.82) is 0 Å². The Kier molecular flexibility index (Phi) is 3.53. The molecule has 1 amide bonds. The molecule has 2 heterocycles. The smallest absolute Gasteiger partial charge is 0.287 e. The van der Waals surface area contributed by atoms with Gasteiger partial charge in [-0.1, -0.05) is 12.1 Å². The van der Waals surface area contributed by atoms with Gasteiger partial charge in [-0.25, -0.2) is 4.98 Å². The van der Waals surface area contributed by atoms with Crippen LogP contribution < -0.4 is 5.32 Å². The number of aliphatic hydroxyl groups is 1.